The molecule has 0 N–H and O–H groups in total. The molecule has 1 aliphatic rings. The first-order valence-corrected chi connectivity index (χ1v) is 11.0. The Balaban J connectivity index is 1.85. The molecule has 1 nitrogen and oxygen atoms in total. The van der Waals surface area contributed by atoms with Crippen LogP contribution in [-0.4, -0.2) is 11.9 Å². The van der Waals surface area contributed by atoms with Gasteiger partial charge in [0.1, 0.15) is 17.4 Å². The van der Waals surface area contributed by atoms with Gasteiger partial charge in [0.15, 0.2) is 0 Å². The van der Waals surface area contributed by atoms with Gasteiger partial charge in [0.25, 0.3) is 0 Å². The quantitative estimate of drug-likeness (QED) is 0.379. The van der Waals surface area contributed by atoms with Gasteiger partial charge in [0, 0.05) is 28.9 Å². The molecule has 0 bridgehead atoms. The Kier molecular flexibility index (Phi) is 6.00. The molecule has 0 radical (unpaired) electrons. The number of alkyl halides is 1. The molecule has 0 saturated heterocycles. The maximum atomic E-state index is 15.3. The van der Waals surface area contributed by atoms with Gasteiger partial charge < -0.3 is 4.74 Å². The number of aryl methyl sites for hydroxylation is 2. The molecule has 0 amide bonds. The first-order valence-electron chi connectivity index (χ1n) is 9.90. The van der Waals surface area contributed by atoms with Crippen LogP contribution in [0.1, 0.15) is 46.1 Å². The molecule has 0 unspecified atom stereocenters. The number of benzene rings is 3. The summed E-state index contributed by atoms with van der Waals surface area (Å²) in [5.74, 6) is -1.22. The van der Waals surface area contributed by atoms with E-state index < -0.39 is 11.6 Å². The van der Waals surface area contributed by atoms with Crippen LogP contribution in [0.25, 0.3) is 0 Å². The van der Waals surface area contributed by atoms with Crippen molar-refractivity contribution >= 4 is 15.9 Å². The number of hydrogen-bond donors (Lipinski definition) is 0. The van der Waals surface area contributed by atoms with Crippen molar-refractivity contribution in [3.63, 3.8) is 0 Å². The highest BCUT2D eigenvalue weighted by Crippen LogP contribution is 2.48. The molecule has 0 heterocycles. The molecule has 0 saturated carbocycles. The molecule has 3 aromatic rings. The van der Waals surface area contributed by atoms with Gasteiger partial charge in [-0.3, -0.25) is 0 Å². The summed E-state index contributed by atoms with van der Waals surface area (Å²) in [6.45, 7) is 2.41. The topological polar surface area (TPSA) is 9.23 Å². The van der Waals surface area contributed by atoms with Gasteiger partial charge in [-0.25, -0.2) is 8.78 Å². The molecular weight excluding hydrogens is 434 g/mol. The average molecular weight is 457 g/mol. The van der Waals surface area contributed by atoms with Crippen LogP contribution in [0.3, 0.4) is 0 Å². The van der Waals surface area contributed by atoms with Gasteiger partial charge in [-0.2, -0.15) is 0 Å². The summed E-state index contributed by atoms with van der Waals surface area (Å²) in [4.78, 5) is 0. The van der Waals surface area contributed by atoms with Crippen molar-refractivity contribution in [2.75, 3.05) is 11.9 Å². The Morgan fingerprint density at radius 3 is 2.41 bits per heavy atom. The Labute approximate surface area is 178 Å². The zero-order valence-corrected chi connectivity index (χ0v) is 17.9. The predicted octanol–water partition coefficient (Wildman–Crippen LogP) is 6.91. The van der Waals surface area contributed by atoms with E-state index in [0.717, 1.165) is 24.0 Å². The Hall–Kier alpha value is -2.20. The van der Waals surface area contributed by atoms with Crippen molar-refractivity contribution in [2.24, 2.45) is 0 Å². The van der Waals surface area contributed by atoms with Crippen LogP contribution < -0.4 is 4.74 Å². The lowest BCUT2D eigenvalue weighted by Crippen LogP contribution is -2.22. The molecule has 3 aromatic carbocycles. The second-order valence-corrected chi connectivity index (χ2v) is 8.37. The van der Waals surface area contributed by atoms with Crippen LogP contribution in [0.15, 0.2) is 60.7 Å². The minimum Gasteiger partial charge on any atom is -0.493 e. The highest BCUT2D eigenvalue weighted by atomic mass is 79.9. The molecule has 2 atom stereocenters. The summed E-state index contributed by atoms with van der Waals surface area (Å²) in [7, 11) is 0. The van der Waals surface area contributed by atoms with Gasteiger partial charge in [-0.15, -0.1) is 0 Å². The Morgan fingerprint density at radius 1 is 1.00 bits per heavy atom. The first kappa shape index (κ1) is 20.1. The Morgan fingerprint density at radius 2 is 1.72 bits per heavy atom. The van der Waals surface area contributed by atoms with E-state index >= 15 is 8.78 Å². The number of hydrogen-bond acceptors (Lipinski definition) is 1. The lowest BCUT2D eigenvalue weighted by Gasteiger charge is -2.35. The summed E-state index contributed by atoms with van der Waals surface area (Å²) < 4.78 is 35.9. The molecule has 1 aliphatic carbocycles. The van der Waals surface area contributed by atoms with Gasteiger partial charge >= 0.3 is 0 Å². The van der Waals surface area contributed by atoms with Crippen LogP contribution >= 0.6 is 15.9 Å². The third kappa shape index (κ3) is 4.09. The molecule has 150 valence electrons. The van der Waals surface area contributed by atoms with Crippen LogP contribution in [-0.2, 0) is 6.42 Å². The second-order valence-electron chi connectivity index (χ2n) is 7.57. The van der Waals surface area contributed by atoms with Crippen LogP contribution in [0.2, 0.25) is 0 Å². The molecule has 0 spiro atoms. The lowest BCUT2D eigenvalue weighted by atomic mass is 9.69. The van der Waals surface area contributed by atoms with Crippen LogP contribution in [0.4, 0.5) is 8.78 Å². The van der Waals surface area contributed by atoms with Crippen molar-refractivity contribution in [1.29, 1.82) is 0 Å². The van der Waals surface area contributed by atoms with Crippen molar-refractivity contribution in [3.8, 4) is 5.75 Å². The van der Waals surface area contributed by atoms with E-state index in [0.29, 0.717) is 11.9 Å². The summed E-state index contributed by atoms with van der Waals surface area (Å²) in [6, 6.07) is 18.9. The van der Waals surface area contributed by atoms with E-state index in [9.17, 15) is 0 Å². The molecule has 4 rings (SSSR count). The number of halogens is 3. The van der Waals surface area contributed by atoms with Crippen LogP contribution in [0, 0.1) is 18.6 Å². The minimum absolute atomic E-state index is 0.0183. The molecular formula is C25H23BrF2O. The highest BCUT2D eigenvalue weighted by Gasteiger charge is 2.35. The van der Waals surface area contributed by atoms with Gasteiger partial charge in [0.05, 0.1) is 6.61 Å². The molecule has 0 aliphatic heterocycles. The first-order chi connectivity index (χ1) is 14.1. The third-order valence-electron chi connectivity index (χ3n) is 5.70. The van der Waals surface area contributed by atoms with E-state index in [1.165, 1.54) is 23.3 Å². The molecule has 29 heavy (non-hydrogen) atoms. The maximum Gasteiger partial charge on any atom is 0.133 e. The molecule has 0 aromatic heterocycles. The largest absolute Gasteiger partial charge is 0.493 e. The zero-order chi connectivity index (χ0) is 20.4. The summed E-state index contributed by atoms with van der Waals surface area (Å²) in [5, 5.41) is 0.601. The fourth-order valence-electron chi connectivity index (χ4n) is 4.46. The fraction of sp³-hybridized carbons (Fsp3) is 0.280. The number of fused-ring (bicyclic) bond motifs is 1. The third-order valence-corrected chi connectivity index (χ3v) is 6.02. The normalized spacial score (nSPS) is 18.3. The lowest BCUT2D eigenvalue weighted by molar-refractivity contribution is 0.339. The minimum atomic E-state index is -0.547. The van der Waals surface area contributed by atoms with Crippen molar-refractivity contribution in [3.05, 3.63) is 100 Å². The standard InChI is InChI=1S/C25H23BrF2O/c1-16-7-9-21-18(13-16)8-10-20(17-5-3-2-4-6-17)24(21)25-22(27)14-19(15-23(25)28)29-12-11-26/h2-7,9,13-15,20,24H,8,10-12H2,1H3/t20-,24+/m1/s1. The van der Waals surface area contributed by atoms with E-state index in [1.54, 1.807) is 0 Å². The van der Waals surface area contributed by atoms with Crippen LogP contribution in [0.5, 0.6) is 5.75 Å². The Bertz CT molecular complexity index is 980. The second kappa shape index (κ2) is 8.66. The molecule has 4 heteroatoms. The summed E-state index contributed by atoms with van der Waals surface area (Å²) >= 11 is 3.27. The van der Waals surface area contributed by atoms with E-state index in [2.05, 4.69) is 41.1 Å². The summed E-state index contributed by atoms with van der Waals surface area (Å²) in [5.41, 5.74) is 4.61. The smallest absolute Gasteiger partial charge is 0.133 e. The summed E-state index contributed by atoms with van der Waals surface area (Å²) in [6.07, 6.45) is 1.76. The predicted molar refractivity (Wildman–Crippen MR) is 116 cm³/mol. The SMILES string of the molecule is Cc1ccc2c(c1)CC[C@H](c1ccccc1)[C@@H]2c1c(F)cc(OCCBr)cc1F. The van der Waals surface area contributed by atoms with Gasteiger partial charge in [-0.1, -0.05) is 70.0 Å². The number of rotatable bonds is 5. The van der Waals surface area contributed by atoms with E-state index in [1.807, 2.05) is 30.3 Å². The maximum absolute atomic E-state index is 15.3. The fourth-order valence-corrected chi connectivity index (χ4v) is 4.62. The average Bonchev–Trinajstić information content (AvgIpc) is 2.72. The number of ether oxygens (including phenoxy) is 1. The zero-order valence-electron chi connectivity index (χ0n) is 16.3. The van der Waals surface area contributed by atoms with E-state index in [-0.39, 0.29) is 23.1 Å². The van der Waals surface area contributed by atoms with E-state index in [4.69, 9.17) is 4.74 Å². The van der Waals surface area contributed by atoms with Gasteiger partial charge in [-0.05, 0) is 42.4 Å². The van der Waals surface area contributed by atoms with Crippen molar-refractivity contribution in [1.82, 2.24) is 0 Å². The molecule has 0 fully saturated rings. The van der Waals surface area contributed by atoms with Crippen molar-refractivity contribution in [2.45, 2.75) is 31.6 Å². The van der Waals surface area contributed by atoms with Crippen molar-refractivity contribution < 1.29 is 13.5 Å². The highest BCUT2D eigenvalue weighted by molar-refractivity contribution is 9.09. The monoisotopic (exact) mass is 456 g/mol. The van der Waals surface area contributed by atoms with Gasteiger partial charge in [0.2, 0.25) is 0 Å².